The van der Waals surface area contributed by atoms with Crippen LogP contribution in [0.25, 0.3) is 0 Å². The van der Waals surface area contributed by atoms with Crippen LogP contribution in [0.4, 0.5) is 4.79 Å². The largest absolute Gasteiger partial charge is 0.497 e. The Balaban J connectivity index is 2.11. The maximum Gasteiger partial charge on any atom is 0.408 e. The molecule has 29 heavy (non-hydrogen) atoms. The van der Waals surface area contributed by atoms with Gasteiger partial charge in [0, 0.05) is 0 Å². The monoisotopic (exact) mass is 399 g/mol. The molecule has 5 heteroatoms. The van der Waals surface area contributed by atoms with Crippen molar-refractivity contribution in [2.45, 2.75) is 52.2 Å². The van der Waals surface area contributed by atoms with Gasteiger partial charge in [-0.15, -0.1) is 0 Å². The Bertz CT molecular complexity index is 763. The van der Waals surface area contributed by atoms with E-state index in [-0.39, 0.29) is 12.0 Å². The zero-order chi connectivity index (χ0) is 21.4. The lowest BCUT2D eigenvalue weighted by molar-refractivity contribution is 0.0485. The van der Waals surface area contributed by atoms with Crippen molar-refractivity contribution in [2.24, 2.45) is 5.92 Å². The quantitative estimate of drug-likeness (QED) is 0.633. The molecular weight excluding hydrogens is 366 g/mol. The maximum absolute atomic E-state index is 12.4. The number of ether oxygens (including phenoxy) is 3. The van der Waals surface area contributed by atoms with Crippen LogP contribution in [0.2, 0.25) is 0 Å². The first-order valence-electron chi connectivity index (χ1n) is 9.98. The van der Waals surface area contributed by atoms with Gasteiger partial charge in [-0.1, -0.05) is 31.2 Å². The number of aryl methyl sites for hydroxylation is 1. The summed E-state index contributed by atoms with van der Waals surface area (Å²) in [6.07, 6.45) is 1.42. The summed E-state index contributed by atoms with van der Waals surface area (Å²) >= 11 is 0. The Labute approximate surface area is 174 Å². The van der Waals surface area contributed by atoms with Gasteiger partial charge >= 0.3 is 6.09 Å². The molecule has 0 spiro atoms. The number of rotatable bonds is 8. The first kappa shape index (κ1) is 22.6. The normalized spacial score (nSPS) is 13.3. The number of amides is 1. The van der Waals surface area contributed by atoms with Crippen LogP contribution in [0, 0.1) is 5.92 Å². The highest BCUT2D eigenvalue weighted by atomic mass is 16.6. The van der Waals surface area contributed by atoms with Gasteiger partial charge in [0.25, 0.3) is 0 Å². The predicted molar refractivity (Wildman–Crippen MR) is 116 cm³/mol. The second kappa shape index (κ2) is 10.2. The average Bonchev–Trinajstić information content (AvgIpc) is 2.69. The smallest absolute Gasteiger partial charge is 0.408 e. The fourth-order valence-electron chi connectivity index (χ4n) is 3.15. The van der Waals surface area contributed by atoms with Crippen LogP contribution in [-0.2, 0) is 11.2 Å². The molecule has 0 heterocycles. The van der Waals surface area contributed by atoms with Gasteiger partial charge in [0.1, 0.15) is 17.1 Å². The van der Waals surface area contributed by atoms with Crippen molar-refractivity contribution < 1.29 is 19.0 Å². The number of carbonyl (C=O) groups is 1. The molecule has 0 aliphatic carbocycles. The van der Waals surface area contributed by atoms with Crippen molar-refractivity contribution >= 4 is 6.09 Å². The number of methoxy groups -OCH3 is 2. The van der Waals surface area contributed by atoms with E-state index in [1.165, 1.54) is 5.56 Å². The van der Waals surface area contributed by atoms with Crippen LogP contribution in [0.1, 0.15) is 51.3 Å². The molecule has 2 aromatic rings. The maximum atomic E-state index is 12.4. The third-order valence-corrected chi connectivity index (χ3v) is 4.76. The summed E-state index contributed by atoms with van der Waals surface area (Å²) < 4.78 is 16.0. The highest BCUT2D eigenvalue weighted by Gasteiger charge is 2.24. The first-order chi connectivity index (χ1) is 13.7. The minimum atomic E-state index is -0.541. The number of carbonyl (C=O) groups excluding carboxylic acids is 1. The molecule has 2 aromatic carbocycles. The Morgan fingerprint density at radius 2 is 1.45 bits per heavy atom. The van der Waals surface area contributed by atoms with Gasteiger partial charge in [0.05, 0.1) is 20.3 Å². The Morgan fingerprint density at radius 3 is 1.93 bits per heavy atom. The molecular formula is C24H33NO4. The summed E-state index contributed by atoms with van der Waals surface area (Å²) in [6, 6.07) is 15.7. The fraction of sp³-hybridized carbons (Fsp3) is 0.458. The molecule has 0 radical (unpaired) electrons. The van der Waals surface area contributed by atoms with Crippen LogP contribution >= 0.6 is 0 Å². The van der Waals surface area contributed by atoms with Crippen LogP contribution in [0.15, 0.2) is 48.5 Å². The van der Waals surface area contributed by atoms with Crippen LogP contribution in [0.3, 0.4) is 0 Å². The average molecular weight is 400 g/mol. The summed E-state index contributed by atoms with van der Waals surface area (Å²) in [5.74, 6) is 1.85. The highest BCUT2D eigenvalue weighted by Crippen LogP contribution is 2.28. The number of nitrogens with one attached hydrogen (secondary N) is 1. The van der Waals surface area contributed by atoms with Gasteiger partial charge in [-0.05, 0) is 74.9 Å². The van der Waals surface area contributed by atoms with Gasteiger partial charge in [-0.3, -0.25) is 0 Å². The van der Waals surface area contributed by atoms with Gasteiger partial charge in [0.2, 0.25) is 0 Å². The molecule has 0 bridgehead atoms. The van der Waals surface area contributed by atoms with Crippen LogP contribution < -0.4 is 14.8 Å². The second-order valence-corrected chi connectivity index (χ2v) is 8.26. The molecule has 0 saturated carbocycles. The predicted octanol–water partition coefficient (Wildman–Crippen LogP) is 5.54. The summed E-state index contributed by atoms with van der Waals surface area (Å²) in [5.41, 5.74) is 1.73. The number of hydrogen-bond acceptors (Lipinski definition) is 4. The zero-order valence-corrected chi connectivity index (χ0v) is 18.3. The van der Waals surface area contributed by atoms with Crippen molar-refractivity contribution in [3.63, 3.8) is 0 Å². The lowest BCUT2D eigenvalue weighted by atomic mass is 9.89. The fourth-order valence-corrected chi connectivity index (χ4v) is 3.15. The third kappa shape index (κ3) is 7.33. The minimum Gasteiger partial charge on any atom is -0.497 e. The number of alkyl carbamates (subject to hydrolysis) is 1. The molecule has 0 aliphatic rings. The Kier molecular flexibility index (Phi) is 7.94. The summed E-state index contributed by atoms with van der Waals surface area (Å²) in [6.45, 7) is 7.74. The lowest BCUT2D eigenvalue weighted by Crippen LogP contribution is -2.37. The molecule has 0 aromatic heterocycles. The summed E-state index contributed by atoms with van der Waals surface area (Å²) in [4.78, 5) is 12.4. The van der Waals surface area contributed by atoms with E-state index in [2.05, 4.69) is 24.4 Å². The van der Waals surface area contributed by atoms with Crippen molar-refractivity contribution in [2.75, 3.05) is 14.2 Å². The van der Waals surface area contributed by atoms with E-state index in [0.29, 0.717) is 0 Å². The van der Waals surface area contributed by atoms with E-state index in [4.69, 9.17) is 14.2 Å². The first-order valence-corrected chi connectivity index (χ1v) is 9.98. The SMILES string of the molecule is COc1ccc(CC[C@H](C)[C@@H](NC(=O)OC(C)(C)C)c2ccc(OC)cc2)cc1. The van der Waals surface area contributed by atoms with E-state index in [1.807, 2.05) is 57.2 Å². The number of hydrogen-bond donors (Lipinski definition) is 1. The molecule has 0 aliphatic heterocycles. The van der Waals surface area contributed by atoms with E-state index in [9.17, 15) is 4.79 Å². The lowest BCUT2D eigenvalue weighted by Gasteiger charge is -2.28. The van der Waals surface area contributed by atoms with Gasteiger partial charge < -0.3 is 19.5 Å². The van der Waals surface area contributed by atoms with Gasteiger partial charge in [-0.25, -0.2) is 4.79 Å². The Hall–Kier alpha value is -2.69. The van der Waals surface area contributed by atoms with Crippen LogP contribution in [-0.4, -0.2) is 25.9 Å². The standard InChI is InChI=1S/C24H33NO4/c1-17(7-8-18-9-13-20(27-5)14-10-18)22(25-23(26)29-24(2,3)4)19-11-15-21(28-6)16-12-19/h9-17,22H,7-8H2,1-6H3,(H,25,26)/t17-,22+/m0/s1. The molecule has 0 saturated heterocycles. The van der Waals surface area contributed by atoms with E-state index in [0.717, 1.165) is 29.9 Å². The number of benzene rings is 2. The molecule has 5 nitrogen and oxygen atoms in total. The van der Waals surface area contributed by atoms with Gasteiger partial charge in [-0.2, -0.15) is 0 Å². The van der Waals surface area contributed by atoms with Crippen molar-refractivity contribution in [3.8, 4) is 11.5 Å². The van der Waals surface area contributed by atoms with E-state index in [1.54, 1.807) is 14.2 Å². The zero-order valence-electron chi connectivity index (χ0n) is 18.3. The minimum absolute atomic E-state index is 0.158. The highest BCUT2D eigenvalue weighted by molar-refractivity contribution is 5.68. The molecule has 158 valence electrons. The third-order valence-electron chi connectivity index (χ3n) is 4.76. The summed E-state index contributed by atoms with van der Waals surface area (Å²) in [5, 5.41) is 3.06. The molecule has 0 fully saturated rings. The van der Waals surface area contributed by atoms with Crippen molar-refractivity contribution in [1.82, 2.24) is 5.32 Å². The topological polar surface area (TPSA) is 56.8 Å². The molecule has 1 amide bonds. The van der Waals surface area contributed by atoms with Gasteiger partial charge in [0.15, 0.2) is 0 Å². The Morgan fingerprint density at radius 1 is 0.931 bits per heavy atom. The van der Waals surface area contributed by atoms with E-state index < -0.39 is 11.7 Å². The second-order valence-electron chi connectivity index (χ2n) is 8.26. The summed E-state index contributed by atoms with van der Waals surface area (Å²) in [7, 11) is 3.31. The molecule has 2 atom stereocenters. The molecule has 1 N–H and O–H groups in total. The van der Waals surface area contributed by atoms with Crippen LogP contribution in [0.5, 0.6) is 11.5 Å². The van der Waals surface area contributed by atoms with E-state index >= 15 is 0 Å². The molecule has 2 rings (SSSR count). The molecule has 0 unspecified atom stereocenters. The van der Waals surface area contributed by atoms with Crippen molar-refractivity contribution in [1.29, 1.82) is 0 Å². The van der Waals surface area contributed by atoms with Crippen molar-refractivity contribution in [3.05, 3.63) is 59.7 Å².